The molecule has 3 N–H and O–H groups in total. The van der Waals surface area contributed by atoms with E-state index >= 15 is 0 Å². The molecule has 0 saturated carbocycles. The maximum Gasteiger partial charge on any atom is 0.286 e. The Morgan fingerprint density at radius 3 is 2.76 bits per heavy atom. The molecule has 2 rings (SSSR count). The van der Waals surface area contributed by atoms with Crippen LogP contribution in [0.25, 0.3) is 0 Å². The van der Waals surface area contributed by atoms with Gasteiger partial charge in [-0.05, 0) is 23.7 Å². The molecular formula is C12H11ClN4O3S. The largest absolute Gasteiger partial charge is 0.491 e. The third-order valence-electron chi connectivity index (χ3n) is 2.34. The number of nitrogens with zero attached hydrogens (tertiary/aromatic N) is 2. The van der Waals surface area contributed by atoms with E-state index in [9.17, 15) is 9.59 Å². The first kappa shape index (κ1) is 15.2. The maximum atomic E-state index is 12.0. The SMILES string of the molecule is NC(=O)CCOc1ccccc1NC(=O)c1nnc(Cl)s1. The highest BCUT2D eigenvalue weighted by atomic mass is 35.5. The van der Waals surface area contributed by atoms with Crippen LogP contribution in [0.3, 0.4) is 0 Å². The lowest BCUT2D eigenvalue weighted by atomic mass is 10.3. The first-order valence-corrected chi connectivity index (χ1v) is 7.06. The molecule has 1 heterocycles. The predicted molar refractivity (Wildman–Crippen MR) is 78.6 cm³/mol. The highest BCUT2D eigenvalue weighted by molar-refractivity contribution is 7.17. The second-order valence-corrected chi connectivity index (χ2v) is 5.43. The average Bonchev–Trinajstić information content (AvgIpc) is 2.87. The van der Waals surface area contributed by atoms with Gasteiger partial charge in [0.1, 0.15) is 5.75 Å². The standard InChI is InChI=1S/C12H11ClN4O3S/c13-12-17-16-11(21-12)10(19)15-7-3-1-2-4-8(7)20-6-5-9(14)18/h1-4H,5-6H2,(H2,14,18)(H,15,19). The van der Waals surface area contributed by atoms with E-state index in [4.69, 9.17) is 22.1 Å². The lowest BCUT2D eigenvalue weighted by Gasteiger charge is -2.11. The van der Waals surface area contributed by atoms with Crippen molar-refractivity contribution in [2.45, 2.75) is 6.42 Å². The van der Waals surface area contributed by atoms with Crippen molar-refractivity contribution in [3.8, 4) is 5.75 Å². The smallest absolute Gasteiger partial charge is 0.286 e. The van der Waals surface area contributed by atoms with Crippen molar-refractivity contribution in [2.24, 2.45) is 5.73 Å². The highest BCUT2D eigenvalue weighted by Crippen LogP contribution is 2.25. The molecule has 0 aliphatic heterocycles. The molecule has 0 radical (unpaired) electrons. The molecule has 0 bridgehead atoms. The third-order valence-corrected chi connectivity index (χ3v) is 3.35. The van der Waals surface area contributed by atoms with Crippen LogP contribution in [0.1, 0.15) is 16.2 Å². The lowest BCUT2D eigenvalue weighted by Crippen LogP contribution is -2.16. The first-order chi connectivity index (χ1) is 10.1. The molecule has 1 aromatic carbocycles. The van der Waals surface area contributed by atoms with E-state index < -0.39 is 11.8 Å². The zero-order valence-electron chi connectivity index (χ0n) is 10.7. The van der Waals surface area contributed by atoms with Gasteiger partial charge in [-0.1, -0.05) is 23.5 Å². The fourth-order valence-corrected chi connectivity index (χ4v) is 2.15. The Morgan fingerprint density at radius 1 is 1.33 bits per heavy atom. The van der Waals surface area contributed by atoms with Crippen LogP contribution in [-0.2, 0) is 4.79 Å². The molecule has 0 atom stereocenters. The summed E-state index contributed by atoms with van der Waals surface area (Å²) in [5.41, 5.74) is 5.50. The molecule has 9 heteroatoms. The van der Waals surface area contributed by atoms with Gasteiger partial charge in [0.25, 0.3) is 5.91 Å². The van der Waals surface area contributed by atoms with E-state index in [1.807, 2.05) is 0 Å². The highest BCUT2D eigenvalue weighted by Gasteiger charge is 2.14. The van der Waals surface area contributed by atoms with Gasteiger partial charge in [-0.2, -0.15) is 0 Å². The molecule has 0 fully saturated rings. The molecule has 2 aromatic rings. The van der Waals surface area contributed by atoms with Crippen molar-refractivity contribution >= 4 is 40.4 Å². The zero-order valence-corrected chi connectivity index (χ0v) is 12.3. The van der Waals surface area contributed by atoms with E-state index in [1.165, 1.54) is 0 Å². The number of nitrogens with two attached hydrogens (primary N) is 1. The molecular weight excluding hydrogens is 316 g/mol. The quantitative estimate of drug-likeness (QED) is 0.840. The van der Waals surface area contributed by atoms with Crippen molar-refractivity contribution in [3.63, 3.8) is 0 Å². The van der Waals surface area contributed by atoms with Gasteiger partial charge in [0, 0.05) is 0 Å². The summed E-state index contributed by atoms with van der Waals surface area (Å²) in [6, 6.07) is 6.82. The summed E-state index contributed by atoms with van der Waals surface area (Å²) in [7, 11) is 0. The summed E-state index contributed by atoms with van der Waals surface area (Å²) >= 11 is 6.61. The van der Waals surface area contributed by atoms with Gasteiger partial charge in [-0.3, -0.25) is 9.59 Å². The number of amides is 2. The Labute approximate surface area is 129 Å². The van der Waals surface area contributed by atoms with Crippen molar-refractivity contribution in [1.29, 1.82) is 0 Å². The molecule has 110 valence electrons. The number of hydrogen-bond acceptors (Lipinski definition) is 6. The normalized spacial score (nSPS) is 10.1. The van der Waals surface area contributed by atoms with Gasteiger partial charge < -0.3 is 15.8 Å². The van der Waals surface area contributed by atoms with Gasteiger partial charge in [0.05, 0.1) is 18.7 Å². The van der Waals surface area contributed by atoms with Crippen LogP contribution < -0.4 is 15.8 Å². The van der Waals surface area contributed by atoms with E-state index in [0.29, 0.717) is 11.4 Å². The van der Waals surface area contributed by atoms with Crippen molar-refractivity contribution < 1.29 is 14.3 Å². The number of aromatic nitrogens is 2. The van der Waals surface area contributed by atoms with Gasteiger partial charge in [0.15, 0.2) is 0 Å². The van der Waals surface area contributed by atoms with Gasteiger partial charge in [-0.25, -0.2) is 0 Å². The monoisotopic (exact) mass is 326 g/mol. The van der Waals surface area contributed by atoms with Crippen molar-refractivity contribution in [3.05, 3.63) is 33.7 Å². The number of benzene rings is 1. The number of hydrogen-bond donors (Lipinski definition) is 2. The number of ether oxygens (including phenoxy) is 1. The van der Waals surface area contributed by atoms with Crippen LogP contribution >= 0.6 is 22.9 Å². The Balaban J connectivity index is 2.05. The molecule has 1 aromatic heterocycles. The second-order valence-electron chi connectivity index (χ2n) is 3.88. The number of primary amides is 1. The minimum absolute atomic E-state index is 0.0916. The topological polar surface area (TPSA) is 107 Å². The van der Waals surface area contributed by atoms with Crippen LogP contribution in [0.2, 0.25) is 4.47 Å². The summed E-state index contributed by atoms with van der Waals surface area (Å²) in [6.45, 7) is 0.132. The zero-order chi connectivity index (χ0) is 15.2. The number of anilines is 1. The van der Waals surface area contributed by atoms with Crippen LogP contribution in [0.5, 0.6) is 5.75 Å². The molecule has 0 spiro atoms. The first-order valence-electron chi connectivity index (χ1n) is 5.87. The molecule has 0 saturated heterocycles. The van der Waals surface area contributed by atoms with Crippen molar-refractivity contribution in [2.75, 3.05) is 11.9 Å². The molecule has 7 nitrogen and oxygen atoms in total. The summed E-state index contributed by atoms with van der Waals surface area (Å²) in [5, 5.41) is 10.0. The average molecular weight is 327 g/mol. The van der Waals surface area contributed by atoms with Crippen LogP contribution in [0.4, 0.5) is 5.69 Å². The second kappa shape index (κ2) is 7.00. The molecule has 2 amide bonds. The number of para-hydroxylation sites is 2. The molecule has 21 heavy (non-hydrogen) atoms. The number of rotatable bonds is 6. The Kier molecular flexibility index (Phi) is 5.07. The van der Waals surface area contributed by atoms with E-state index in [0.717, 1.165) is 11.3 Å². The Bertz CT molecular complexity index is 661. The van der Waals surface area contributed by atoms with Crippen LogP contribution in [0, 0.1) is 0 Å². The van der Waals surface area contributed by atoms with E-state index in [-0.39, 0.29) is 22.5 Å². The number of nitrogens with one attached hydrogen (secondary N) is 1. The number of halogens is 1. The summed E-state index contributed by atoms with van der Waals surface area (Å²) in [4.78, 5) is 22.7. The van der Waals surface area contributed by atoms with Crippen LogP contribution in [-0.4, -0.2) is 28.6 Å². The summed E-state index contributed by atoms with van der Waals surface area (Å²) in [6.07, 6.45) is 0.0916. The van der Waals surface area contributed by atoms with E-state index in [1.54, 1.807) is 24.3 Å². The van der Waals surface area contributed by atoms with Gasteiger partial charge >= 0.3 is 0 Å². The Morgan fingerprint density at radius 2 is 2.10 bits per heavy atom. The van der Waals surface area contributed by atoms with Crippen LogP contribution in [0.15, 0.2) is 24.3 Å². The molecule has 0 unspecified atom stereocenters. The molecule has 0 aliphatic rings. The number of carbonyl (C=O) groups is 2. The fourth-order valence-electron chi connectivity index (χ4n) is 1.43. The van der Waals surface area contributed by atoms with E-state index in [2.05, 4.69) is 15.5 Å². The number of carbonyl (C=O) groups excluding carboxylic acids is 2. The summed E-state index contributed by atoms with van der Waals surface area (Å²) < 4.78 is 5.60. The maximum absolute atomic E-state index is 12.0. The minimum atomic E-state index is -0.458. The minimum Gasteiger partial charge on any atom is -0.491 e. The summed E-state index contributed by atoms with van der Waals surface area (Å²) in [5.74, 6) is -0.465. The van der Waals surface area contributed by atoms with Gasteiger partial charge in [0.2, 0.25) is 15.4 Å². The predicted octanol–water partition coefficient (Wildman–Crippen LogP) is 1.70. The molecule has 0 aliphatic carbocycles. The fraction of sp³-hybridized carbons (Fsp3) is 0.167. The Hall–Kier alpha value is -2.19. The lowest BCUT2D eigenvalue weighted by molar-refractivity contribution is -0.118. The third kappa shape index (κ3) is 4.40. The van der Waals surface area contributed by atoms with Gasteiger partial charge in [-0.15, -0.1) is 10.2 Å². The van der Waals surface area contributed by atoms with Crippen molar-refractivity contribution in [1.82, 2.24) is 10.2 Å².